The Balaban J connectivity index is 0.000000212. The van der Waals surface area contributed by atoms with Crippen molar-refractivity contribution in [3.63, 3.8) is 0 Å². The lowest BCUT2D eigenvalue weighted by molar-refractivity contribution is -0.956. The van der Waals surface area contributed by atoms with E-state index in [0.29, 0.717) is 29.3 Å². The van der Waals surface area contributed by atoms with Crippen molar-refractivity contribution in [2.45, 2.75) is 108 Å². The highest BCUT2D eigenvalue weighted by Crippen LogP contribution is 2.53. The minimum Gasteiger partial charge on any atom is -1.00 e. The van der Waals surface area contributed by atoms with Gasteiger partial charge in [0.05, 0.1) is 49.2 Å². The van der Waals surface area contributed by atoms with Crippen LogP contribution in [0.25, 0.3) is 11.0 Å². The van der Waals surface area contributed by atoms with Crippen LogP contribution in [0.4, 0.5) is 5.69 Å². The number of anilines is 1. The highest BCUT2D eigenvalue weighted by Gasteiger charge is 2.71. The van der Waals surface area contributed by atoms with Gasteiger partial charge in [0.25, 0.3) is 0 Å². The standard InChI is InChI=1S/C21H30NO4.C17H25NO.C9H8ClN5S.BrH.2ClH/c1-3-4-10-22(2)17-11-15(12-18(22)20-19(17)26-20)25-21(24)16(13-23)14-8-6-5-7-9-14;1-3-15-7-9-16(10-8-15)17(19)14(2)13-18-11-5-4-6-12-18;10-5-1-2-6-8(15-16-14-6)7(5)13-9-11-3-4-12-9;;;/h5-9,15-20,23H,3-4,10-13H2,1-2H3;7-10,14H,3-6,11-13H2,1-2H3;1-2H,3-4H2,(H2,11,12,13);3*1H/q+1;;;;;/p-1/t15-,16-,17-,18+,19-,20+,22?;;;;;/m1...../s1. The number of aliphatic imine (C=N–C) groups is 1. The van der Waals surface area contributed by atoms with E-state index in [-0.39, 0.29) is 72.2 Å². The number of rotatable bonds is 13. The third-order valence-electron chi connectivity index (χ3n) is 13.2. The molecule has 6 heterocycles. The Morgan fingerprint density at radius 2 is 1.69 bits per heavy atom. The molecule has 0 amide bonds. The summed E-state index contributed by atoms with van der Waals surface area (Å²) < 4.78 is 21.2. The third-order valence-corrected chi connectivity index (χ3v) is 14.0. The van der Waals surface area contributed by atoms with Crippen LogP contribution < -0.4 is 27.6 Å². The summed E-state index contributed by atoms with van der Waals surface area (Å²) in [4.78, 5) is 31.8. The fourth-order valence-electron chi connectivity index (χ4n) is 9.58. The number of benzene rings is 3. The van der Waals surface area contributed by atoms with E-state index in [9.17, 15) is 14.7 Å². The zero-order valence-electron chi connectivity index (χ0n) is 37.3. The Morgan fingerprint density at radius 1 is 1.00 bits per heavy atom. The average Bonchev–Trinajstić information content (AvgIpc) is 3.55. The van der Waals surface area contributed by atoms with Crippen molar-refractivity contribution in [3.05, 3.63) is 88.4 Å². The minimum absolute atomic E-state index is 0. The number of nitrogens with one attached hydrogen (secondary N) is 2. The highest BCUT2D eigenvalue weighted by atomic mass is 79.9. The van der Waals surface area contributed by atoms with Crippen LogP contribution >= 0.6 is 48.1 Å². The van der Waals surface area contributed by atoms with Crippen LogP contribution in [0.15, 0.2) is 71.7 Å². The molecule has 3 aromatic carbocycles. The van der Waals surface area contributed by atoms with Crippen LogP contribution in [0.1, 0.15) is 93.1 Å². The molecular weight excluding hydrogens is 961 g/mol. The predicted octanol–water partition coefficient (Wildman–Crippen LogP) is 5.35. The third kappa shape index (κ3) is 12.9. The summed E-state index contributed by atoms with van der Waals surface area (Å²) in [6.07, 6.45) is 9.77. The number of quaternary nitrogens is 1. The van der Waals surface area contributed by atoms with Crippen LogP contribution in [-0.4, -0.2) is 124 Å². The normalized spacial score (nSPS) is 24.8. The molecule has 64 heavy (non-hydrogen) atoms. The number of ether oxygens (including phenoxy) is 2. The first-order chi connectivity index (χ1) is 29.6. The van der Waals surface area contributed by atoms with Gasteiger partial charge in [-0.15, -0.1) is 24.8 Å². The first-order valence-electron chi connectivity index (χ1n) is 22.3. The number of aromatic nitrogens is 2. The maximum atomic E-state index is 12.7. The maximum Gasteiger partial charge on any atom is 0.316 e. The molecule has 17 heteroatoms. The second kappa shape index (κ2) is 25.3. The van der Waals surface area contributed by atoms with Gasteiger partial charge in [0.2, 0.25) is 0 Å². The van der Waals surface area contributed by atoms with E-state index in [0.717, 1.165) is 90.3 Å². The SMILES string of the molecule is CCCC[N+]1(C)[C@@H]2C[C@@H](OC(=O)[C@H](CO)c3ccccc3)C[C@H]1[C@@H]1O[C@@H]12.CCc1ccc(C(=O)C(C)CN2CCCCC2)cc1.Cl.Cl.Clc1ccc2nsnc2c1NC1=NCCN1.[Br-]. The first-order valence-corrected chi connectivity index (χ1v) is 23.4. The van der Waals surface area contributed by atoms with E-state index >= 15 is 0 Å². The molecule has 12 nitrogen and oxygen atoms in total. The number of ketones is 1. The summed E-state index contributed by atoms with van der Waals surface area (Å²) >= 11 is 7.30. The Hall–Kier alpha value is -2.92. The number of guanidine groups is 1. The van der Waals surface area contributed by atoms with Crippen LogP contribution in [-0.2, 0) is 20.7 Å². The van der Waals surface area contributed by atoms with Gasteiger partial charge in [0.1, 0.15) is 47.3 Å². The van der Waals surface area contributed by atoms with Gasteiger partial charge >= 0.3 is 5.97 Å². The number of carbonyl (C=O) groups is 2. The number of halogens is 4. The first kappa shape index (κ1) is 53.7. The number of aliphatic hydroxyl groups excluding tert-OH is 1. The molecule has 4 fully saturated rings. The maximum absolute atomic E-state index is 12.7. The molecule has 0 saturated carbocycles. The lowest BCUT2D eigenvalue weighted by Crippen LogP contribution is -3.00. The van der Waals surface area contributed by atoms with Gasteiger partial charge in [0, 0.05) is 37.4 Å². The van der Waals surface area contributed by atoms with Crippen molar-refractivity contribution in [3.8, 4) is 0 Å². The fourth-order valence-corrected chi connectivity index (χ4v) is 10.3. The number of piperidine rings is 2. The van der Waals surface area contributed by atoms with Gasteiger partial charge in [-0.2, -0.15) is 8.75 Å². The molecule has 4 aromatic rings. The Morgan fingerprint density at radius 3 is 2.30 bits per heavy atom. The summed E-state index contributed by atoms with van der Waals surface area (Å²) in [5, 5.41) is 16.6. The molecule has 5 aliphatic rings. The van der Waals surface area contributed by atoms with E-state index in [4.69, 9.17) is 21.1 Å². The summed E-state index contributed by atoms with van der Waals surface area (Å²) in [5.74, 6) is 0.228. The average molecular weight is 1030 g/mol. The second-order valence-electron chi connectivity index (χ2n) is 17.3. The number of aliphatic hydroxyl groups is 1. The molecule has 5 aliphatic heterocycles. The molecule has 2 bridgehead atoms. The molecule has 1 aromatic heterocycles. The number of likely N-dealkylation sites (N-methyl/N-ethyl adjacent to an activating group) is 1. The predicted molar refractivity (Wildman–Crippen MR) is 258 cm³/mol. The zero-order valence-corrected chi connectivity index (χ0v) is 42.1. The Bertz CT molecular complexity index is 2100. The number of esters is 1. The van der Waals surface area contributed by atoms with Crippen LogP contribution in [0.3, 0.4) is 0 Å². The monoisotopic (exact) mass is 1020 g/mol. The number of unbranched alkanes of at least 4 members (excludes halogenated alkanes) is 1. The van der Waals surface area contributed by atoms with E-state index in [1.807, 2.05) is 54.6 Å². The number of aryl methyl sites for hydroxylation is 1. The number of morpholine rings is 1. The molecule has 0 aliphatic carbocycles. The van der Waals surface area contributed by atoms with Crippen molar-refractivity contribution in [2.75, 3.05) is 58.2 Å². The molecule has 4 saturated heterocycles. The highest BCUT2D eigenvalue weighted by molar-refractivity contribution is 7.00. The summed E-state index contributed by atoms with van der Waals surface area (Å²) in [7, 11) is 2.36. The molecule has 0 spiro atoms. The zero-order chi connectivity index (χ0) is 42.9. The minimum atomic E-state index is -0.595. The van der Waals surface area contributed by atoms with Crippen LogP contribution in [0.5, 0.6) is 0 Å². The van der Waals surface area contributed by atoms with Crippen LogP contribution in [0.2, 0.25) is 5.02 Å². The van der Waals surface area contributed by atoms with Crippen molar-refractivity contribution in [1.82, 2.24) is 19.0 Å². The van der Waals surface area contributed by atoms with E-state index < -0.39 is 5.92 Å². The van der Waals surface area contributed by atoms with Gasteiger partial charge in [-0.1, -0.05) is 99.8 Å². The number of nitrogens with zero attached hydrogens (tertiary/aromatic N) is 5. The van der Waals surface area contributed by atoms with E-state index in [1.165, 1.54) is 55.9 Å². The number of fused-ring (bicyclic) bond motifs is 6. The van der Waals surface area contributed by atoms with Gasteiger partial charge in [0.15, 0.2) is 11.7 Å². The van der Waals surface area contributed by atoms with Crippen LogP contribution in [0, 0.1) is 5.92 Å². The largest absolute Gasteiger partial charge is 1.00 e. The van der Waals surface area contributed by atoms with Crippen molar-refractivity contribution >= 4 is 82.6 Å². The number of hydrogen-bond donors (Lipinski definition) is 3. The molecule has 0 radical (unpaired) electrons. The Kier molecular flexibility index (Phi) is 21.2. The van der Waals surface area contributed by atoms with Gasteiger partial charge in [-0.3, -0.25) is 14.6 Å². The molecule has 3 N–H and O–H groups in total. The summed E-state index contributed by atoms with van der Waals surface area (Å²) in [6.45, 7) is 12.3. The number of Topliss-reactive ketones (excluding diaryl/α,β-unsaturated/α-hetero) is 1. The smallest absolute Gasteiger partial charge is 0.316 e. The lowest BCUT2D eigenvalue weighted by Gasteiger charge is -2.48. The number of hydrogen-bond acceptors (Lipinski definition) is 12. The van der Waals surface area contributed by atoms with E-state index in [1.54, 1.807) is 0 Å². The quantitative estimate of drug-likeness (QED) is 0.0696. The molecular formula is C47H65BrCl3N7O5S. The van der Waals surface area contributed by atoms with Gasteiger partial charge in [-0.25, -0.2) is 0 Å². The molecule has 8 atom stereocenters. The second-order valence-corrected chi connectivity index (χ2v) is 18.2. The van der Waals surface area contributed by atoms with Crippen molar-refractivity contribution < 1.29 is 45.6 Å². The molecule has 9 rings (SSSR count). The Labute approximate surface area is 410 Å². The fraction of sp³-hybridized carbons (Fsp3) is 0.553. The number of carbonyl (C=O) groups excluding carboxylic acids is 2. The van der Waals surface area contributed by atoms with Gasteiger partial charge in [-0.05, 0) is 62.0 Å². The lowest BCUT2D eigenvalue weighted by atomic mass is 9.94. The molecule has 352 valence electrons. The summed E-state index contributed by atoms with van der Waals surface area (Å²) in [5.41, 5.74) is 5.36. The number of epoxide rings is 1. The number of likely N-dealkylation sites (tertiary alicyclic amines) is 1. The van der Waals surface area contributed by atoms with E-state index in [2.05, 4.69) is 69.2 Å². The van der Waals surface area contributed by atoms with Crippen molar-refractivity contribution in [1.29, 1.82) is 0 Å². The van der Waals surface area contributed by atoms with Gasteiger partial charge < -0.3 is 51.6 Å². The molecule has 2 unspecified atom stereocenters. The summed E-state index contributed by atoms with van der Waals surface area (Å²) in [6, 6.07) is 22.1. The topological polar surface area (TPSA) is 142 Å². The van der Waals surface area contributed by atoms with Crippen molar-refractivity contribution in [2.24, 2.45) is 10.9 Å².